The molecule has 2 heterocycles. The Morgan fingerprint density at radius 1 is 1.44 bits per heavy atom. The topological polar surface area (TPSA) is 60.5 Å². The fourth-order valence-corrected chi connectivity index (χ4v) is 2.13. The standard InChI is InChI=1S/C11H11N3OS/c1-15-14-11(12)10-8(4-2-6-13-10)9-5-3-7-16-9/h2-7H,1H3,(H2,12,14). The van der Waals surface area contributed by atoms with Gasteiger partial charge in [-0.2, -0.15) is 0 Å². The lowest BCUT2D eigenvalue weighted by Crippen LogP contribution is -2.16. The predicted molar refractivity (Wildman–Crippen MR) is 65.3 cm³/mol. The van der Waals surface area contributed by atoms with Crippen LogP contribution in [0.3, 0.4) is 0 Å². The first-order valence-electron chi connectivity index (χ1n) is 4.69. The quantitative estimate of drug-likeness (QED) is 0.501. The molecule has 0 saturated heterocycles. The van der Waals surface area contributed by atoms with Crippen LogP contribution in [0.25, 0.3) is 10.4 Å². The molecule has 0 aliphatic carbocycles. The van der Waals surface area contributed by atoms with Crippen molar-refractivity contribution >= 4 is 17.2 Å². The number of amidine groups is 1. The molecule has 0 amide bonds. The predicted octanol–water partition coefficient (Wildman–Crippen LogP) is 2.08. The molecule has 0 unspecified atom stereocenters. The molecule has 0 radical (unpaired) electrons. The molecule has 4 nitrogen and oxygen atoms in total. The summed E-state index contributed by atoms with van der Waals surface area (Å²) in [5.74, 6) is 0.284. The van der Waals surface area contributed by atoms with E-state index in [-0.39, 0.29) is 5.84 Å². The molecule has 0 spiro atoms. The van der Waals surface area contributed by atoms with Crippen molar-refractivity contribution in [1.29, 1.82) is 0 Å². The second kappa shape index (κ2) is 4.76. The lowest BCUT2D eigenvalue weighted by molar-refractivity contribution is 0.213. The summed E-state index contributed by atoms with van der Waals surface area (Å²) in [6, 6.07) is 7.84. The van der Waals surface area contributed by atoms with Crippen LogP contribution in [0.4, 0.5) is 0 Å². The minimum Gasteiger partial charge on any atom is -0.397 e. The molecule has 0 aromatic carbocycles. The van der Waals surface area contributed by atoms with Crippen LogP contribution in [0.5, 0.6) is 0 Å². The molecular weight excluding hydrogens is 222 g/mol. The molecule has 0 fully saturated rings. The molecular formula is C11H11N3OS. The average molecular weight is 233 g/mol. The molecule has 0 bridgehead atoms. The van der Waals surface area contributed by atoms with Crippen LogP contribution >= 0.6 is 11.3 Å². The summed E-state index contributed by atoms with van der Waals surface area (Å²) in [6.45, 7) is 0. The smallest absolute Gasteiger partial charge is 0.189 e. The highest BCUT2D eigenvalue weighted by Crippen LogP contribution is 2.26. The summed E-state index contributed by atoms with van der Waals surface area (Å²) in [7, 11) is 1.46. The molecule has 2 aromatic rings. The number of thiophene rings is 1. The molecule has 16 heavy (non-hydrogen) atoms. The van der Waals surface area contributed by atoms with Crippen molar-refractivity contribution in [2.24, 2.45) is 10.9 Å². The van der Waals surface area contributed by atoms with Gasteiger partial charge in [-0.15, -0.1) is 11.3 Å². The van der Waals surface area contributed by atoms with Crippen molar-refractivity contribution < 1.29 is 4.84 Å². The molecule has 2 N–H and O–H groups in total. The number of hydrogen-bond acceptors (Lipinski definition) is 4. The third kappa shape index (κ3) is 2.04. The maximum atomic E-state index is 5.78. The average Bonchev–Trinajstić information content (AvgIpc) is 2.83. The Morgan fingerprint density at radius 2 is 2.31 bits per heavy atom. The number of aromatic nitrogens is 1. The third-order valence-corrected chi connectivity index (χ3v) is 2.93. The lowest BCUT2D eigenvalue weighted by atomic mass is 10.1. The van der Waals surface area contributed by atoms with Crippen LogP contribution in [-0.2, 0) is 4.84 Å². The normalized spacial score (nSPS) is 11.4. The maximum Gasteiger partial charge on any atom is 0.189 e. The van der Waals surface area contributed by atoms with Gasteiger partial charge in [-0.05, 0) is 23.6 Å². The summed E-state index contributed by atoms with van der Waals surface area (Å²) in [5.41, 5.74) is 7.39. The Labute approximate surface area is 97.4 Å². The second-order valence-electron chi connectivity index (χ2n) is 3.04. The van der Waals surface area contributed by atoms with Gasteiger partial charge in [0.2, 0.25) is 0 Å². The number of nitrogens with zero attached hydrogens (tertiary/aromatic N) is 2. The molecule has 2 aromatic heterocycles. The number of rotatable bonds is 3. The fraction of sp³-hybridized carbons (Fsp3) is 0.0909. The number of hydrogen-bond donors (Lipinski definition) is 1. The van der Waals surface area contributed by atoms with Crippen LogP contribution in [0, 0.1) is 0 Å². The van der Waals surface area contributed by atoms with Gasteiger partial charge in [0.1, 0.15) is 12.8 Å². The first-order valence-corrected chi connectivity index (χ1v) is 5.57. The SMILES string of the molecule is CO/N=C(\N)c1ncccc1-c1cccs1. The first-order chi connectivity index (χ1) is 7.83. The minimum atomic E-state index is 0.284. The number of nitrogens with two attached hydrogens (primary N) is 1. The summed E-state index contributed by atoms with van der Waals surface area (Å²) in [5, 5.41) is 5.71. The van der Waals surface area contributed by atoms with E-state index in [1.54, 1.807) is 17.5 Å². The van der Waals surface area contributed by atoms with Gasteiger partial charge < -0.3 is 10.6 Å². The molecule has 0 aliphatic heterocycles. The van der Waals surface area contributed by atoms with Gasteiger partial charge in [0.15, 0.2) is 5.84 Å². The second-order valence-corrected chi connectivity index (χ2v) is 3.98. The molecule has 0 saturated carbocycles. The van der Waals surface area contributed by atoms with Crippen molar-refractivity contribution in [2.45, 2.75) is 0 Å². The minimum absolute atomic E-state index is 0.284. The van der Waals surface area contributed by atoms with E-state index in [9.17, 15) is 0 Å². The van der Waals surface area contributed by atoms with Crippen molar-refractivity contribution in [3.8, 4) is 10.4 Å². The molecule has 82 valence electrons. The Hall–Kier alpha value is -1.88. The highest BCUT2D eigenvalue weighted by Gasteiger charge is 2.10. The van der Waals surface area contributed by atoms with E-state index in [0.717, 1.165) is 10.4 Å². The maximum absolute atomic E-state index is 5.78. The highest BCUT2D eigenvalue weighted by molar-refractivity contribution is 7.13. The van der Waals surface area contributed by atoms with E-state index in [2.05, 4.69) is 15.0 Å². The fourth-order valence-electron chi connectivity index (χ4n) is 1.38. The van der Waals surface area contributed by atoms with Crippen LogP contribution < -0.4 is 5.73 Å². The van der Waals surface area contributed by atoms with Crippen molar-refractivity contribution in [3.05, 3.63) is 41.5 Å². The van der Waals surface area contributed by atoms with Crippen molar-refractivity contribution in [2.75, 3.05) is 7.11 Å². The van der Waals surface area contributed by atoms with Crippen LogP contribution in [-0.4, -0.2) is 17.9 Å². The highest BCUT2D eigenvalue weighted by atomic mass is 32.1. The van der Waals surface area contributed by atoms with E-state index < -0.39 is 0 Å². The Morgan fingerprint density at radius 3 is 3.00 bits per heavy atom. The summed E-state index contributed by atoms with van der Waals surface area (Å²) in [6.07, 6.45) is 1.68. The summed E-state index contributed by atoms with van der Waals surface area (Å²) < 4.78 is 0. The van der Waals surface area contributed by atoms with Gasteiger partial charge in [0, 0.05) is 16.6 Å². The van der Waals surface area contributed by atoms with Gasteiger partial charge in [0.25, 0.3) is 0 Å². The zero-order valence-electron chi connectivity index (χ0n) is 8.75. The number of oxime groups is 1. The summed E-state index contributed by atoms with van der Waals surface area (Å²) >= 11 is 1.63. The molecule has 5 heteroatoms. The molecule has 0 aliphatic rings. The largest absolute Gasteiger partial charge is 0.397 e. The Kier molecular flexibility index (Phi) is 3.16. The van der Waals surface area contributed by atoms with Gasteiger partial charge in [-0.3, -0.25) is 4.98 Å². The zero-order chi connectivity index (χ0) is 11.4. The van der Waals surface area contributed by atoms with Crippen molar-refractivity contribution in [1.82, 2.24) is 4.98 Å². The molecule has 0 atom stereocenters. The van der Waals surface area contributed by atoms with E-state index >= 15 is 0 Å². The van der Waals surface area contributed by atoms with E-state index in [1.165, 1.54) is 7.11 Å². The van der Waals surface area contributed by atoms with Crippen molar-refractivity contribution in [3.63, 3.8) is 0 Å². The first kappa shape index (κ1) is 10.6. The monoisotopic (exact) mass is 233 g/mol. The van der Waals surface area contributed by atoms with E-state index in [0.29, 0.717) is 5.69 Å². The van der Waals surface area contributed by atoms with Gasteiger partial charge in [-0.25, -0.2) is 0 Å². The Balaban J connectivity index is 2.51. The lowest BCUT2D eigenvalue weighted by Gasteiger charge is -2.04. The van der Waals surface area contributed by atoms with E-state index in [1.807, 2.05) is 29.6 Å². The summed E-state index contributed by atoms with van der Waals surface area (Å²) in [4.78, 5) is 9.99. The van der Waals surface area contributed by atoms with Crippen LogP contribution in [0.2, 0.25) is 0 Å². The molecule has 2 rings (SSSR count). The zero-order valence-corrected chi connectivity index (χ0v) is 9.57. The number of pyridine rings is 1. The third-order valence-electron chi connectivity index (χ3n) is 2.03. The van der Waals surface area contributed by atoms with Crippen LogP contribution in [0.15, 0.2) is 41.0 Å². The van der Waals surface area contributed by atoms with Gasteiger partial charge in [-0.1, -0.05) is 11.2 Å². The van der Waals surface area contributed by atoms with Crippen LogP contribution in [0.1, 0.15) is 5.69 Å². The van der Waals surface area contributed by atoms with Gasteiger partial charge in [0.05, 0.1) is 0 Å². The van der Waals surface area contributed by atoms with E-state index in [4.69, 9.17) is 5.73 Å². The Bertz CT molecular complexity index is 494. The van der Waals surface area contributed by atoms with Gasteiger partial charge >= 0.3 is 0 Å².